The molecule has 2 aromatic rings. The number of nitrogens with zero attached hydrogens (tertiary/aromatic N) is 1. The molecule has 158 valence electrons. The van der Waals surface area contributed by atoms with Gasteiger partial charge in [0.1, 0.15) is 23.7 Å². The lowest BCUT2D eigenvalue weighted by Crippen LogP contribution is -3.19. The molecular formula is C24H23FN3O3+. The Morgan fingerprint density at radius 1 is 1.06 bits per heavy atom. The molecule has 6 nitrogen and oxygen atoms in total. The van der Waals surface area contributed by atoms with Crippen molar-refractivity contribution < 1.29 is 23.7 Å². The summed E-state index contributed by atoms with van der Waals surface area (Å²) >= 11 is 0. The normalized spacial score (nSPS) is 33.1. The van der Waals surface area contributed by atoms with Crippen molar-refractivity contribution in [1.29, 1.82) is 0 Å². The Balaban J connectivity index is 1.56. The van der Waals surface area contributed by atoms with Crippen LogP contribution in [0.3, 0.4) is 0 Å². The fraction of sp³-hybridized carbons (Fsp3) is 0.375. The molecular weight excluding hydrogens is 397 g/mol. The summed E-state index contributed by atoms with van der Waals surface area (Å²) in [6.07, 6.45) is 1.64. The van der Waals surface area contributed by atoms with Crippen LogP contribution in [0.1, 0.15) is 29.5 Å². The van der Waals surface area contributed by atoms with Crippen LogP contribution in [0, 0.1) is 31.5 Å². The van der Waals surface area contributed by atoms with Gasteiger partial charge in [-0.1, -0.05) is 6.07 Å². The zero-order valence-electron chi connectivity index (χ0n) is 17.4. The SMILES string of the molecule is Cc1ccc(N2C(=O)[C@H]3[C@H]4CCC[NH+]4[C@@]4(C(=O)Nc5ccc(F)cc54)[C@@H]3C2=O)cc1C. The first-order valence-corrected chi connectivity index (χ1v) is 10.8. The van der Waals surface area contributed by atoms with E-state index in [9.17, 15) is 18.8 Å². The van der Waals surface area contributed by atoms with Crippen molar-refractivity contribution in [3.05, 3.63) is 58.9 Å². The van der Waals surface area contributed by atoms with Gasteiger partial charge in [-0.05, 0) is 55.3 Å². The van der Waals surface area contributed by atoms with E-state index in [4.69, 9.17) is 0 Å². The van der Waals surface area contributed by atoms with Gasteiger partial charge in [0.15, 0.2) is 0 Å². The summed E-state index contributed by atoms with van der Waals surface area (Å²) in [6, 6.07) is 9.64. The van der Waals surface area contributed by atoms with E-state index in [1.165, 1.54) is 17.0 Å². The molecule has 4 aliphatic heterocycles. The highest BCUT2D eigenvalue weighted by Gasteiger charge is 2.78. The predicted molar refractivity (Wildman–Crippen MR) is 111 cm³/mol. The highest BCUT2D eigenvalue weighted by molar-refractivity contribution is 6.25. The summed E-state index contributed by atoms with van der Waals surface area (Å²) in [6.45, 7) is 4.61. The lowest BCUT2D eigenvalue weighted by atomic mass is 9.75. The Labute approximate surface area is 179 Å². The molecule has 0 radical (unpaired) electrons. The number of hydrogen-bond acceptors (Lipinski definition) is 3. The lowest BCUT2D eigenvalue weighted by Gasteiger charge is -2.33. The number of quaternary nitrogens is 1. The lowest BCUT2D eigenvalue weighted by molar-refractivity contribution is -0.948. The van der Waals surface area contributed by atoms with Crippen LogP contribution < -0.4 is 15.1 Å². The Morgan fingerprint density at radius 2 is 1.87 bits per heavy atom. The van der Waals surface area contributed by atoms with Gasteiger partial charge >= 0.3 is 0 Å². The standard InChI is InChI=1S/C24H22FN3O3/c1-12-5-7-15(10-13(12)2)28-21(29)19-18-4-3-9-27(18)24(20(19)22(28)30)16-11-14(25)6-8-17(16)26-23(24)31/h5-8,10-11,18-20H,3-4,9H2,1-2H3,(H,26,31)/p+1/t18-,19+,20+,24-/m1/s1. The number of rotatable bonds is 1. The molecule has 7 heteroatoms. The highest BCUT2D eigenvalue weighted by Crippen LogP contribution is 2.52. The number of carbonyl (C=O) groups excluding carboxylic acids is 3. The fourth-order valence-electron chi connectivity index (χ4n) is 6.55. The number of aryl methyl sites for hydroxylation is 2. The quantitative estimate of drug-likeness (QED) is 0.687. The molecule has 0 aromatic heterocycles. The molecule has 6 rings (SSSR count). The van der Waals surface area contributed by atoms with Crippen molar-refractivity contribution in [2.24, 2.45) is 11.8 Å². The summed E-state index contributed by atoms with van der Waals surface area (Å²) in [5.74, 6) is -2.75. The molecule has 2 N–H and O–H groups in total. The molecule has 4 heterocycles. The zero-order chi connectivity index (χ0) is 21.7. The summed E-state index contributed by atoms with van der Waals surface area (Å²) in [4.78, 5) is 43.2. The average Bonchev–Trinajstić information content (AvgIpc) is 3.43. The summed E-state index contributed by atoms with van der Waals surface area (Å²) < 4.78 is 14.3. The first kappa shape index (κ1) is 18.7. The maximum atomic E-state index is 14.3. The third-order valence-electron chi connectivity index (χ3n) is 7.93. The van der Waals surface area contributed by atoms with Crippen LogP contribution in [-0.4, -0.2) is 30.3 Å². The zero-order valence-corrected chi connectivity index (χ0v) is 17.4. The second kappa shape index (κ2) is 6.01. The van der Waals surface area contributed by atoms with E-state index < -0.39 is 23.2 Å². The number of halogens is 1. The second-order valence-electron chi connectivity index (χ2n) is 9.26. The molecule has 4 aliphatic rings. The van der Waals surface area contributed by atoms with Gasteiger partial charge in [0.2, 0.25) is 17.4 Å². The van der Waals surface area contributed by atoms with E-state index >= 15 is 0 Å². The van der Waals surface area contributed by atoms with Crippen molar-refractivity contribution in [2.45, 2.75) is 38.3 Å². The van der Waals surface area contributed by atoms with Crippen LogP contribution in [-0.2, 0) is 19.9 Å². The minimum Gasteiger partial charge on any atom is -0.320 e. The fourth-order valence-corrected chi connectivity index (χ4v) is 6.55. The van der Waals surface area contributed by atoms with Crippen LogP contribution in [0.15, 0.2) is 36.4 Å². The van der Waals surface area contributed by atoms with Crippen molar-refractivity contribution in [3.63, 3.8) is 0 Å². The average molecular weight is 420 g/mol. The summed E-state index contributed by atoms with van der Waals surface area (Å²) in [5.41, 5.74) is 2.39. The van der Waals surface area contributed by atoms with E-state index in [-0.39, 0.29) is 23.8 Å². The molecule has 3 saturated heterocycles. The van der Waals surface area contributed by atoms with Crippen LogP contribution in [0.25, 0.3) is 0 Å². The first-order chi connectivity index (χ1) is 14.9. The van der Waals surface area contributed by atoms with Gasteiger partial charge in [-0.25, -0.2) is 9.29 Å². The van der Waals surface area contributed by atoms with Crippen LogP contribution in [0.5, 0.6) is 0 Å². The number of anilines is 2. The van der Waals surface area contributed by atoms with E-state index in [2.05, 4.69) is 5.32 Å². The molecule has 5 atom stereocenters. The summed E-state index contributed by atoms with van der Waals surface area (Å²) in [5, 5.41) is 2.88. The minimum absolute atomic E-state index is 0.127. The monoisotopic (exact) mass is 420 g/mol. The number of nitrogens with one attached hydrogen (secondary N) is 2. The van der Waals surface area contributed by atoms with Crippen LogP contribution in [0.4, 0.5) is 15.8 Å². The van der Waals surface area contributed by atoms with Gasteiger partial charge in [0.05, 0.1) is 17.9 Å². The number of amides is 3. The smallest absolute Gasteiger partial charge is 0.291 e. The molecule has 2 aromatic carbocycles. The Morgan fingerprint density at radius 3 is 2.65 bits per heavy atom. The first-order valence-electron chi connectivity index (χ1n) is 10.8. The Kier molecular flexibility index (Phi) is 3.62. The number of fused-ring (bicyclic) bond motifs is 7. The molecule has 31 heavy (non-hydrogen) atoms. The minimum atomic E-state index is -1.26. The number of hydrogen-bond donors (Lipinski definition) is 2. The number of imide groups is 1. The molecule has 1 spiro atoms. The topological polar surface area (TPSA) is 70.9 Å². The largest absolute Gasteiger partial charge is 0.320 e. The number of benzene rings is 2. The van der Waals surface area contributed by atoms with Crippen molar-refractivity contribution in [2.75, 3.05) is 16.8 Å². The molecule has 3 amide bonds. The summed E-state index contributed by atoms with van der Waals surface area (Å²) in [7, 11) is 0. The van der Waals surface area contributed by atoms with Crippen LogP contribution >= 0.6 is 0 Å². The third-order valence-corrected chi connectivity index (χ3v) is 7.93. The van der Waals surface area contributed by atoms with Gasteiger partial charge in [0.25, 0.3) is 5.91 Å². The highest BCUT2D eigenvalue weighted by atomic mass is 19.1. The molecule has 0 saturated carbocycles. The Hall–Kier alpha value is -3.06. The maximum absolute atomic E-state index is 14.3. The van der Waals surface area contributed by atoms with Gasteiger partial charge in [-0.2, -0.15) is 0 Å². The van der Waals surface area contributed by atoms with Crippen molar-refractivity contribution in [3.8, 4) is 0 Å². The maximum Gasteiger partial charge on any atom is 0.291 e. The van der Waals surface area contributed by atoms with Gasteiger partial charge < -0.3 is 10.2 Å². The third kappa shape index (κ3) is 2.12. The van der Waals surface area contributed by atoms with Crippen LogP contribution in [0.2, 0.25) is 0 Å². The van der Waals surface area contributed by atoms with Gasteiger partial charge in [-0.15, -0.1) is 0 Å². The van der Waals surface area contributed by atoms with E-state index in [1.54, 1.807) is 12.1 Å². The second-order valence-corrected chi connectivity index (χ2v) is 9.26. The van der Waals surface area contributed by atoms with E-state index in [0.717, 1.165) is 28.9 Å². The van der Waals surface area contributed by atoms with E-state index in [0.29, 0.717) is 23.5 Å². The van der Waals surface area contributed by atoms with Crippen molar-refractivity contribution >= 4 is 29.1 Å². The molecule has 0 bridgehead atoms. The molecule has 1 unspecified atom stereocenters. The predicted octanol–water partition coefficient (Wildman–Crippen LogP) is 1.46. The van der Waals surface area contributed by atoms with Gasteiger partial charge in [-0.3, -0.25) is 14.4 Å². The van der Waals surface area contributed by atoms with E-state index in [1.807, 2.05) is 26.0 Å². The Bertz CT molecular complexity index is 1190. The molecule has 0 aliphatic carbocycles. The van der Waals surface area contributed by atoms with Gasteiger partial charge in [0, 0.05) is 18.4 Å². The number of carbonyl (C=O) groups is 3. The van der Waals surface area contributed by atoms with Crippen molar-refractivity contribution in [1.82, 2.24) is 0 Å². The molecule has 3 fully saturated rings.